The van der Waals surface area contributed by atoms with Crippen LogP contribution in [0.15, 0.2) is 40.7 Å². The Balaban J connectivity index is 1.49. The van der Waals surface area contributed by atoms with Crippen LogP contribution in [-0.4, -0.2) is 34.2 Å². The first-order valence-corrected chi connectivity index (χ1v) is 11.3. The lowest BCUT2D eigenvalue weighted by molar-refractivity contribution is -0.118. The quantitative estimate of drug-likeness (QED) is 0.387. The van der Waals surface area contributed by atoms with Crippen molar-refractivity contribution in [2.75, 3.05) is 17.6 Å². The Bertz CT molecular complexity index is 968. The highest BCUT2D eigenvalue weighted by atomic mass is 32.2. The van der Waals surface area contributed by atoms with Gasteiger partial charge in [0.2, 0.25) is 11.0 Å². The number of hydrogen-bond acceptors (Lipinski definition) is 8. The van der Waals surface area contributed by atoms with Crippen molar-refractivity contribution in [3.05, 3.63) is 51.7 Å². The monoisotopic (exact) mass is 432 g/mol. The van der Waals surface area contributed by atoms with Gasteiger partial charge in [0, 0.05) is 24.0 Å². The molecule has 6 nitrogen and oxygen atoms in total. The van der Waals surface area contributed by atoms with Crippen LogP contribution in [0, 0.1) is 6.92 Å². The second kappa shape index (κ2) is 9.81. The molecule has 0 spiro atoms. The fourth-order valence-electron chi connectivity index (χ4n) is 2.39. The van der Waals surface area contributed by atoms with Crippen LogP contribution in [0.1, 0.15) is 27.0 Å². The van der Waals surface area contributed by atoms with Crippen LogP contribution < -0.4 is 10.6 Å². The summed E-state index contributed by atoms with van der Waals surface area (Å²) in [4.78, 5) is 25.1. The molecule has 1 amide bonds. The molecule has 2 aromatic heterocycles. The number of nitrogens with zero attached hydrogens (tertiary/aromatic N) is 2. The van der Waals surface area contributed by atoms with Crippen molar-refractivity contribution >= 4 is 56.9 Å². The number of hydrogen-bond donors (Lipinski definition) is 2. The Morgan fingerprint density at radius 3 is 2.79 bits per heavy atom. The van der Waals surface area contributed by atoms with Crippen LogP contribution in [0.3, 0.4) is 0 Å². The average molecular weight is 433 g/mol. The maximum Gasteiger partial charge on any atom is 0.216 e. The molecule has 0 saturated heterocycles. The van der Waals surface area contributed by atoms with Gasteiger partial charge in [0.25, 0.3) is 0 Å². The van der Waals surface area contributed by atoms with Crippen molar-refractivity contribution in [2.45, 2.75) is 24.6 Å². The molecule has 0 aliphatic rings. The second-order valence-corrected chi connectivity index (χ2v) is 9.45. The van der Waals surface area contributed by atoms with E-state index >= 15 is 0 Å². The normalized spacial score (nSPS) is 10.6. The highest BCUT2D eigenvalue weighted by molar-refractivity contribution is 8.01. The Morgan fingerprint density at radius 2 is 2.00 bits per heavy atom. The summed E-state index contributed by atoms with van der Waals surface area (Å²) < 4.78 is 0.756. The molecule has 146 valence electrons. The molecule has 2 N–H and O–H groups in total. The number of ketones is 1. The smallest absolute Gasteiger partial charge is 0.216 e. The second-order valence-electron chi connectivity index (χ2n) is 6.08. The lowest BCUT2D eigenvalue weighted by atomic mass is 10.2. The summed E-state index contributed by atoms with van der Waals surface area (Å²) in [6, 6.07) is 11.8. The first kappa shape index (κ1) is 20.5. The fraction of sp³-hybridized carbons (Fsp3) is 0.263. The van der Waals surface area contributed by atoms with Crippen molar-refractivity contribution in [3.8, 4) is 0 Å². The molecule has 0 radical (unpaired) electrons. The number of aromatic nitrogens is 2. The van der Waals surface area contributed by atoms with Crippen LogP contribution in [0.2, 0.25) is 0 Å². The van der Waals surface area contributed by atoms with Crippen molar-refractivity contribution in [2.24, 2.45) is 0 Å². The third-order valence-corrected chi connectivity index (χ3v) is 6.84. The predicted octanol–water partition coefficient (Wildman–Crippen LogP) is 4.31. The number of carbonyl (C=O) groups excluding carboxylic acids is 2. The molecule has 0 atom stereocenters. The van der Waals surface area contributed by atoms with Crippen LogP contribution in [0.5, 0.6) is 0 Å². The molecule has 0 saturated carbocycles. The number of anilines is 2. The highest BCUT2D eigenvalue weighted by Gasteiger charge is 2.12. The molecule has 28 heavy (non-hydrogen) atoms. The van der Waals surface area contributed by atoms with Gasteiger partial charge in [-0.15, -0.1) is 21.5 Å². The van der Waals surface area contributed by atoms with Crippen LogP contribution >= 0.6 is 34.4 Å². The summed E-state index contributed by atoms with van der Waals surface area (Å²) in [5.74, 6) is 0.354. The van der Waals surface area contributed by atoms with Crippen LogP contribution in [0.25, 0.3) is 0 Å². The van der Waals surface area contributed by atoms with Crippen LogP contribution in [-0.2, 0) is 11.2 Å². The SMILES string of the molecule is CC(=O)NCCc1ccc(C(=O)CSc2nnc(Nc3cccc(C)c3)s2)s1. The topological polar surface area (TPSA) is 84.0 Å². The summed E-state index contributed by atoms with van der Waals surface area (Å²) in [7, 11) is 0. The number of thiophene rings is 1. The molecule has 2 heterocycles. The molecule has 9 heteroatoms. The molecule has 0 fully saturated rings. The lowest BCUT2D eigenvalue weighted by Gasteiger charge is -2.01. The number of benzene rings is 1. The van der Waals surface area contributed by atoms with Crippen LogP contribution in [0.4, 0.5) is 10.8 Å². The van der Waals surface area contributed by atoms with Gasteiger partial charge in [-0.3, -0.25) is 9.59 Å². The molecule has 3 rings (SSSR count). The largest absolute Gasteiger partial charge is 0.356 e. The zero-order chi connectivity index (χ0) is 19.9. The van der Waals surface area contributed by atoms with Gasteiger partial charge in [0.05, 0.1) is 10.6 Å². The third-order valence-electron chi connectivity index (χ3n) is 3.68. The zero-order valence-electron chi connectivity index (χ0n) is 15.5. The minimum absolute atomic E-state index is 0.0439. The summed E-state index contributed by atoms with van der Waals surface area (Å²) in [5.41, 5.74) is 2.14. The zero-order valence-corrected chi connectivity index (χ0v) is 18.0. The minimum atomic E-state index is -0.0439. The van der Waals surface area contributed by atoms with Gasteiger partial charge >= 0.3 is 0 Å². The van der Waals surface area contributed by atoms with E-state index in [2.05, 4.69) is 20.8 Å². The lowest BCUT2D eigenvalue weighted by Crippen LogP contribution is -2.22. The maximum atomic E-state index is 12.4. The third kappa shape index (κ3) is 6.15. The maximum absolute atomic E-state index is 12.4. The van der Waals surface area contributed by atoms with Crippen molar-refractivity contribution < 1.29 is 9.59 Å². The van der Waals surface area contributed by atoms with Gasteiger partial charge in [0.1, 0.15) is 0 Å². The molecule has 1 aromatic carbocycles. The Kier molecular flexibility index (Phi) is 7.18. The molecule has 0 unspecified atom stereocenters. The molecule has 3 aromatic rings. The van der Waals surface area contributed by atoms with E-state index in [1.165, 1.54) is 46.9 Å². The Morgan fingerprint density at radius 1 is 1.14 bits per heavy atom. The van der Waals surface area contributed by atoms with Crippen molar-refractivity contribution in [3.63, 3.8) is 0 Å². The van der Waals surface area contributed by atoms with Gasteiger partial charge < -0.3 is 10.6 Å². The minimum Gasteiger partial charge on any atom is -0.356 e. The standard InChI is InChI=1S/C19H20N4O2S3/c1-12-4-3-5-14(10-12)21-18-22-23-19(28-18)26-11-16(25)17-7-6-15(27-17)8-9-20-13(2)24/h3-7,10H,8-9,11H2,1-2H3,(H,20,24)(H,21,22). The molecule has 0 bridgehead atoms. The predicted molar refractivity (Wildman–Crippen MR) is 116 cm³/mol. The van der Waals surface area contributed by atoms with Gasteiger partial charge in [-0.05, 0) is 43.2 Å². The van der Waals surface area contributed by atoms with E-state index in [0.717, 1.165) is 26.2 Å². The first-order chi connectivity index (χ1) is 13.5. The van der Waals surface area contributed by atoms with Gasteiger partial charge in [-0.2, -0.15) is 0 Å². The number of carbonyl (C=O) groups is 2. The average Bonchev–Trinajstić information content (AvgIpc) is 3.29. The van der Waals surface area contributed by atoms with E-state index in [0.29, 0.717) is 17.4 Å². The van der Waals surface area contributed by atoms with Gasteiger partial charge in [0.15, 0.2) is 10.1 Å². The summed E-state index contributed by atoms with van der Waals surface area (Å²) in [5, 5.41) is 15.0. The molecule has 0 aliphatic heterocycles. The summed E-state index contributed by atoms with van der Waals surface area (Å²) in [6.07, 6.45) is 0.731. The van der Waals surface area contributed by atoms with E-state index in [1.54, 1.807) is 0 Å². The highest BCUT2D eigenvalue weighted by Crippen LogP contribution is 2.29. The van der Waals surface area contributed by atoms with Gasteiger partial charge in [-0.1, -0.05) is 35.2 Å². The van der Waals surface area contributed by atoms with E-state index in [-0.39, 0.29) is 11.7 Å². The Hall–Kier alpha value is -2.23. The van der Waals surface area contributed by atoms with E-state index in [1.807, 2.05) is 43.3 Å². The number of Topliss-reactive ketones (excluding diaryl/α,β-unsaturated/α-hetero) is 1. The summed E-state index contributed by atoms with van der Waals surface area (Å²) >= 11 is 4.30. The molecular formula is C19H20N4O2S3. The van der Waals surface area contributed by atoms with Crippen molar-refractivity contribution in [1.29, 1.82) is 0 Å². The summed E-state index contributed by atoms with van der Waals surface area (Å²) in [6.45, 7) is 4.11. The molecule has 0 aliphatic carbocycles. The number of aryl methyl sites for hydroxylation is 1. The fourth-order valence-corrected chi connectivity index (χ4v) is 5.08. The van der Waals surface area contributed by atoms with Gasteiger partial charge in [-0.25, -0.2) is 0 Å². The van der Waals surface area contributed by atoms with E-state index in [4.69, 9.17) is 0 Å². The number of rotatable bonds is 9. The van der Waals surface area contributed by atoms with Crippen molar-refractivity contribution in [1.82, 2.24) is 15.5 Å². The van der Waals surface area contributed by atoms with E-state index in [9.17, 15) is 9.59 Å². The number of nitrogens with one attached hydrogen (secondary N) is 2. The number of amides is 1. The van der Waals surface area contributed by atoms with E-state index < -0.39 is 0 Å². The number of thioether (sulfide) groups is 1. The molecular weight excluding hydrogens is 412 g/mol. The Labute approximate surface area is 175 Å². The first-order valence-electron chi connectivity index (χ1n) is 8.66.